The quantitative estimate of drug-likeness (QED) is 0.825. The summed E-state index contributed by atoms with van der Waals surface area (Å²) in [5.74, 6) is -1.33. The molecule has 114 valence electrons. The molecule has 0 heterocycles. The molecule has 8 heteroatoms. The van der Waals surface area contributed by atoms with E-state index in [2.05, 4.69) is 5.32 Å². The molecular weight excluding hydrogens is 319 g/mol. The van der Waals surface area contributed by atoms with Crippen LogP contribution in [-0.4, -0.2) is 31.1 Å². The summed E-state index contributed by atoms with van der Waals surface area (Å²) in [4.78, 5) is 34.2. The van der Waals surface area contributed by atoms with E-state index >= 15 is 0 Å². The molecule has 0 saturated heterocycles. The van der Waals surface area contributed by atoms with Gasteiger partial charge in [0.15, 0.2) is 6.10 Å². The van der Waals surface area contributed by atoms with Gasteiger partial charge in [-0.05, 0) is 24.6 Å². The molecule has 1 aromatic rings. The summed E-state index contributed by atoms with van der Waals surface area (Å²) in [5.41, 5.74) is 0.605. The first-order valence-electron chi connectivity index (χ1n) is 5.99. The number of rotatable bonds is 4. The number of carbonyl (C=O) groups is 3. The van der Waals surface area contributed by atoms with Crippen molar-refractivity contribution in [2.24, 2.45) is 0 Å². The van der Waals surface area contributed by atoms with Gasteiger partial charge in [0, 0.05) is 7.05 Å². The summed E-state index contributed by atoms with van der Waals surface area (Å²) < 4.78 is 4.92. The first-order chi connectivity index (χ1) is 9.83. The zero-order valence-corrected chi connectivity index (χ0v) is 12.9. The molecule has 0 saturated carbocycles. The minimum absolute atomic E-state index is 0.0610. The van der Waals surface area contributed by atoms with Crippen molar-refractivity contribution in [1.29, 1.82) is 0 Å². The van der Waals surface area contributed by atoms with Gasteiger partial charge >= 0.3 is 12.0 Å². The van der Waals surface area contributed by atoms with Crippen molar-refractivity contribution >= 4 is 41.1 Å². The molecule has 0 aliphatic carbocycles. The zero-order chi connectivity index (χ0) is 16.0. The lowest BCUT2D eigenvalue weighted by atomic mass is 10.1. The lowest BCUT2D eigenvalue weighted by Crippen LogP contribution is -2.43. The van der Waals surface area contributed by atoms with Crippen LogP contribution in [-0.2, 0) is 20.7 Å². The van der Waals surface area contributed by atoms with Crippen LogP contribution in [0.3, 0.4) is 0 Å². The Balaban J connectivity index is 2.54. The predicted octanol–water partition coefficient (Wildman–Crippen LogP) is 1.92. The second kappa shape index (κ2) is 7.85. The molecule has 2 N–H and O–H groups in total. The molecule has 0 fully saturated rings. The third-order valence-corrected chi connectivity index (χ3v) is 3.21. The van der Waals surface area contributed by atoms with Crippen molar-refractivity contribution in [3.63, 3.8) is 0 Å². The number of halogens is 2. The molecule has 3 amide bonds. The van der Waals surface area contributed by atoms with Crippen molar-refractivity contribution in [2.75, 3.05) is 7.05 Å². The van der Waals surface area contributed by atoms with Crippen LogP contribution in [0.25, 0.3) is 0 Å². The van der Waals surface area contributed by atoms with Gasteiger partial charge in [0.05, 0.1) is 16.5 Å². The highest BCUT2D eigenvalue weighted by atomic mass is 35.5. The van der Waals surface area contributed by atoms with E-state index in [1.165, 1.54) is 14.0 Å². The van der Waals surface area contributed by atoms with Crippen LogP contribution >= 0.6 is 23.2 Å². The Hall–Kier alpha value is -1.79. The molecule has 1 atom stereocenters. The Morgan fingerprint density at radius 2 is 1.90 bits per heavy atom. The summed E-state index contributed by atoms with van der Waals surface area (Å²) in [6.07, 6.45) is -1.15. The number of carbonyl (C=O) groups excluding carboxylic acids is 3. The maximum atomic E-state index is 11.7. The van der Waals surface area contributed by atoms with E-state index < -0.39 is 24.0 Å². The van der Waals surface area contributed by atoms with Crippen molar-refractivity contribution in [3.05, 3.63) is 33.8 Å². The summed E-state index contributed by atoms with van der Waals surface area (Å²) in [7, 11) is 1.36. The fraction of sp³-hybridized carbons (Fsp3) is 0.308. The van der Waals surface area contributed by atoms with Crippen LogP contribution in [0.5, 0.6) is 0 Å². The Morgan fingerprint density at radius 1 is 1.24 bits per heavy atom. The number of ether oxygens (including phenoxy) is 1. The topological polar surface area (TPSA) is 84.5 Å². The third-order valence-electron chi connectivity index (χ3n) is 2.47. The highest BCUT2D eigenvalue weighted by Crippen LogP contribution is 2.22. The second-order valence-electron chi connectivity index (χ2n) is 4.13. The minimum atomic E-state index is -1.09. The molecule has 0 spiro atoms. The van der Waals surface area contributed by atoms with Crippen LogP contribution in [0, 0.1) is 0 Å². The molecule has 0 unspecified atom stereocenters. The average Bonchev–Trinajstić information content (AvgIpc) is 2.42. The van der Waals surface area contributed by atoms with Crippen LogP contribution in [0.15, 0.2) is 18.2 Å². The van der Waals surface area contributed by atoms with Gasteiger partial charge in [-0.3, -0.25) is 14.9 Å². The minimum Gasteiger partial charge on any atom is -0.452 e. The third kappa shape index (κ3) is 5.61. The molecule has 0 aliphatic heterocycles. The SMILES string of the molecule is CNC(=O)NC(=O)[C@@H](C)OC(=O)Cc1ccc(Cl)c(Cl)c1. The van der Waals surface area contributed by atoms with Gasteiger partial charge in [-0.15, -0.1) is 0 Å². The van der Waals surface area contributed by atoms with Gasteiger partial charge in [0.1, 0.15) is 0 Å². The van der Waals surface area contributed by atoms with E-state index in [1.54, 1.807) is 18.2 Å². The van der Waals surface area contributed by atoms with Crippen molar-refractivity contribution < 1.29 is 19.1 Å². The van der Waals surface area contributed by atoms with Crippen molar-refractivity contribution in [3.8, 4) is 0 Å². The first kappa shape index (κ1) is 17.3. The van der Waals surface area contributed by atoms with E-state index in [0.717, 1.165) is 0 Å². The predicted molar refractivity (Wildman–Crippen MR) is 78.3 cm³/mol. The van der Waals surface area contributed by atoms with Gasteiger partial charge in [-0.25, -0.2) is 4.79 Å². The normalized spacial score (nSPS) is 11.4. The molecule has 0 bridgehead atoms. The molecular formula is C13H14Cl2N2O4. The number of hydrogen-bond acceptors (Lipinski definition) is 4. The van der Waals surface area contributed by atoms with E-state index in [-0.39, 0.29) is 6.42 Å². The highest BCUT2D eigenvalue weighted by Gasteiger charge is 2.19. The number of hydrogen-bond donors (Lipinski definition) is 2. The van der Waals surface area contributed by atoms with Crippen LogP contribution in [0.4, 0.5) is 4.79 Å². The number of amides is 3. The molecule has 1 rings (SSSR count). The van der Waals surface area contributed by atoms with Gasteiger partial charge < -0.3 is 10.1 Å². The molecule has 0 aliphatic rings. The van der Waals surface area contributed by atoms with Crippen molar-refractivity contribution in [2.45, 2.75) is 19.4 Å². The number of esters is 1. The smallest absolute Gasteiger partial charge is 0.321 e. The number of urea groups is 1. The summed E-state index contributed by atoms with van der Waals surface area (Å²) >= 11 is 11.6. The fourth-order valence-corrected chi connectivity index (χ4v) is 1.71. The van der Waals surface area contributed by atoms with E-state index in [1.807, 2.05) is 5.32 Å². The van der Waals surface area contributed by atoms with E-state index in [4.69, 9.17) is 27.9 Å². The van der Waals surface area contributed by atoms with E-state index in [9.17, 15) is 14.4 Å². The van der Waals surface area contributed by atoms with Gasteiger partial charge in [0.25, 0.3) is 5.91 Å². The maximum absolute atomic E-state index is 11.7. The van der Waals surface area contributed by atoms with Gasteiger partial charge in [-0.1, -0.05) is 29.3 Å². The number of nitrogens with one attached hydrogen (secondary N) is 2. The second-order valence-corrected chi connectivity index (χ2v) is 4.94. The summed E-state index contributed by atoms with van der Waals surface area (Å²) in [6.45, 7) is 1.37. The Morgan fingerprint density at radius 3 is 2.48 bits per heavy atom. The largest absolute Gasteiger partial charge is 0.452 e. The first-order valence-corrected chi connectivity index (χ1v) is 6.75. The molecule has 1 aromatic carbocycles. The molecule has 0 radical (unpaired) electrons. The number of imide groups is 1. The Kier molecular flexibility index (Phi) is 6.45. The molecule has 6 nitrogen and oxygen atoms in total. The number of benzene rings is 1. The maximum Gasteiger partial charge on any atom is 0.321 e. The van der Waals surface area contributed by atoms with Crippen LogP contribution in [0.2, 0.25) is 10.0 Å². The van der Waals surface area contributed by atoms with Gasteiger partial charge in [-0.2, -0.15) is 0 Å². The lowest BCUT2D eigenvalue weighted by molar-refractivity contribution is -0.153. The van der Waals surface area contributed by atoms with Crippen molar-refractivity contribution in [1.82, 2.24) is 10.6 Å². The highest BCUT2D eigenvalue weighted by molar-refractivity contribution is 6.42. The monoisotopic (exact) mass is 332 g/mol. The van der Waals surface area contributed by atoms with Crippen LogP contribution in [0.1, 0.15) is 12.5 Å². The standard InChI is InChI=1S/C13H14Cl2N2O4/c1-7(12(19)17-13(20)16-2)21-11(18)6-8-3-4-9(14)10(15)5-8/h3-5,7H,6H2,1-2H3,(H2,16,17,19,20)/t7-/m1/s1. The van der Waals surface area contributed by atoms with Gasteiger partial charge in [0.2, 0.25) is 0 Å². The fourth-order valence-electron chi connectivity index (χ4n) is 1.38. The molecule has 21 heavy (non-hydrogen) atoms. The zero-order valence-electron chi connectivity index (χ0n) is 11.4. The van der Waals surface area contributed by atoms with Crippen LogP contribution < -0.4 is 10.6 Å². The summed E-state index contributed by atoms with van der Waals surface area (Å²) in [5, 5.41) is 4.94. The average molecular weight is 333 g/mol. The Bertz CT molecular complexity index is 563. The summed E-state index contributed by atoms with van der Waals surface area (Å²) in [6, 6.07) is 4.06. The Labute approximate surface area is 131 Å². The van der Waals surface area contributed by atoms with E-state index in [0.29, 0.717) is 15.6 Å². The molecule has 0 aromatic heterocycles. The lowest BCUT2D eigenvalue weighted by Gasteiger charge is -2.12.